The lowest BCUT2D eigenvalue weighted by molar-refractivity contribution is 0.0962. The van der Waals surface area contributed by atoms with Gasteiger partial charge in [0.25, 0.3) is 5.91 Å². The molecule has 110 valence electrons. The third-order valence-electron chi connectivity index (χ3n) is 2.68. The fraction of sp³-hybridized carbons (Fsp3) is 0.214. The lowest BCUT2D eigenvalue weighted by Gasteiger charge is -2.09. The standard InChI is InChI=1S/C14H15BrN4O2/c1-8-6-9(2)17-14(16-8)19-18-13(20)10-4-5-12(21-3)11(15)7-10/h4-7H,1-3H3,(H,18,20)(H,16,17,19). The molecule has 0 aliphatic carbocycles. The van der Waals surface area contributed by atoms with Gasteiger partial charge in [-0.3, -0.25) is 15.6 Å². The molecule has 0 bridgehead atoms. The monoisotopic (exact) mass is 350 g/mol. The van der Waals surface area contributed by atoms with E-state index in [0.29, 0.717) is 21.7 Å². The lowest BCUT2D eigenvalue weighted by Crippen LogP contribution is -2.30. The Morgan fingerprint density at radius 2 is 1.86 bits per heavy atom. The van der Waals surface area contributed by atoms with Crippen LogP contribution >= 0.6 is 15.9 Å². The first kappa shape index (κ1) is 15.2. The van der Waals surface area contributed by atoms with Crippen LogP contribution in [0.15, 0.2) is 28.7 Å². The van der Waals surface area contributed by atoms with Crippen LogP contribution in [-0.2, 0) is 0 Å². The van der Waals surface area contributed by atoms with Crippen molar-refractivity contribution < 1.29 is 9.53 Å². The summed E-state index contributed by atoms with van der Waals surface area (Å²) < 4.78 is 5.83. The normalized spacial score (nSPS) is 10.1. The van der Waals surface area contributed by atoms with E-state index in [1.807, 2.05) is 19.9 Å². The van der Waals surface area contributed by atoms with Crippen molar-refractivity contribution in [2.75, 3.05) is 12.5 Å². The van der Waals surface area contributed by atoms with Crippen molar-refractivity contribution >= 4 is 27.8 Å². The summed E-state index contributed by atoms with van der Waals surface area (Å²) in [7, 11) is 1.57. The van der Waals surface area contributed by atoms with E-state index in [4.69, 9.17) is 4.74 Å². The van der Waals surface area contributed by atoms with Crippen LogP contribution in [0.1, 0.15) is 21.7 Å². The number of hydrogen-bond acceptors (Lipinski definition) is 5. The van der Waals surface area contributed by atoms with E-state index >= 15 is 0 Å². The molecule has 0 unspecified atom stereocenters. The van der Waals surface area contributed by atoms with Gasteiger partial charge in [-0.25, -0.2) is 9.97 Å². The van der Waals surface area contributed by atoms with Crippen LogP contribution in [0.2, 0.25) is 0 Å². The second-order valence-corrected chi connectivity index (χ2v) is 5.26. The molecule has 0 saturated carbocycles. The molecule has 21 heavy (non-hydrogen) atoms. The summed E-state index contributed by atoms with van der Waals surface area (Å²) in [4.78, 5) is 20.4. The Morgan fingerprint density at radius 1 is 1.19 bits per heavy atom. The molecule has 7 heteroatoms. The molecule has 1 heterocycles. The number of amides is 1. The number of rotatable bonds is 4. The molecule has 0 radical (unpaired) electrons. The Bertz CT molecular complexity index is 656. The number of nitrogens with zero attached hydrogens (tertiary/aromatic N) is 2. The highest BCUT2D eigenvalue weighted by atomic mass is 79.9. The van der Waals surface area contributed by atoms with Gasteiger partial charge in [0, 0.05) is 17.0 Å². The van der Waals surface area contributed by atoms with Crippen molar-refractivity contribution in [2.45, 2.75) is 13.8 Å². The number of hydrogen-bond donors (Lipinski definition) is 2. The van der Waals surface area contributed by atoms with Crippen LogP contribution in [0.4, 0.5) is 5.95 Å². The van der Waals surface area contributed by atoms with Crippen LogP contribution in [0.5, 0.6) is 5.75 Å². The topological polar surface area (TPSA) is 76.1 Å². The average molecular weight is 351 g/mol. The fourth-order valence-electron chi connectivity index (χ4n) is 1.77. The second kappa shape index (κ2) is 6.53. The van der Waals surface area contributed by atoms with Crippen molar-refractivity contribution in [2.24, 2.45) is 0 Å². The number of halogens is 1. The average Bonchev–Trinajstić information content (AvgIpc) is 2.43. The first-order chi connectivity index (χ1) is 9.99. The minimum absolute atomic E-state index is 0.291. The van der Waals surface area contributed by atoms with Gasteiger partial charge in [-0.1, -0.05) is 0 Å². The molecular weight excluding hydrogens is 336 g/mol. The van der Waals surface area contributed by atoms with Gasteiger partial charge in [-0.2, -0.15) is 0 Å². The number of anilines is 1. The second-order valence-electron chi connectivity index (χ2n) is 4.40. The van der Waals surface area contributed by atoms with Crippen molar-refractivity contribution in [1.29, 1.82) is 0 Å². The number of ether oxygens (including phenoxy) is 1. The van der Waals surface area contributed by atoms with Crippen LogP contribution < -0.4 is 15.6 Å². The third kappa shape index (κ3) is 3.91. The van der Waals surface area contributed by atoms with E-state index in [2.05, 4.69) is 36.7 Å². The molecule has 1 amide bonds. The largest absolute Gasteiger partial charge is 0.496 e. The maximum Gasteiger partial charge on any atom is 0.269 e. The number of benzene rings is 1. The molecule has 2 aromatic rings. The van der Waals surface area contributed by atoms with Crippen molar-refractivity contribution in [1.82, 2.24) is 15.4 Å². The number of hydrazine groups is 1. The molecule has 0 fully saturated rings. The summed E-state index contributed by atoms with van der Waals surface area (Å²) >= 11 is 3.34. The molecule has 0 atom stereocenters. The Kier molecular flexibility index (Phi) is 4.74. The first-order valence-corrected chi connectivity index (χ1v) is 7.01. The highest BCUT2D eigenvalue weighted by molar-refractivity contribution is 9.10. The summed E-state index contributed by atoms with van der Waals surface area (Å²) in [6, 6.07) is 6.92. The summed E-state index contributed by atoms with van der Waals surface area (Å²) in [5.41, 5.74) is 7.40. The summed E-state index contributed by atoms with van der Waals surface area (Å²) in [6.07, 6.45) is 0. The predicted octanol–water partition coefficient (Wildman–Crippen LogP) is 2.62. The number of methoxy groups -OCH3 is 1. The van der Waals surface area contributed by atoms with Gasteiger partial charge in [-0.05, 0) is 54.0 Å². The molecule has 2 rings (SSSR count). The summed E-state index contributed by atoms with van der Waals surface area (Å²) in [6.45, 7) is 3.73. The number of nitrogens with one attached hydrogen (secondary N) is 2. The number of carbonyl (C=O) groups excluding carboxylic acids is 1. The fourth-order valence-corrected chi connectivity index (χ4v) is 2.31. The maximum absolute atomic E-state index is 12.0. The van der Waals surface area contributed by atoms with Gasteiger partial charge in [0.1, 0.15) is 5.75 Å². The van der Waals surface area contributed by atoms with Gasteiger partial charge < -0.3 is 4.74 Å². The van der Waals surface area contributed by atoms with Crippen LogP contribution in [0, 0.1) is 13.8 Å². The zero-order chi connectivity index (χ0) is 15.4. The molecular formula is C14H15BrN4O2. The van der Waals surface area contributed by atoms with Gasteiger partial charge in [0.05, 0.1) is 11.6 Å². The first-order valence-electron chi connectivity index (χ1n) is 6.22. The SMILES string of the molecule is COc1ccc(C(=O)NNc2nc(C)cc(C)n2)cc1Br. The predicted molar refractivity (Wildman–Crippen MR) is 83.3 cm³/mol. The Labute approximate surface area is 131 Å². The van der Waals surface area contributed by atoms with E-state index in [0.717, 1.165) is 11.4 Å². The quantitative estimate of drug-likeness (QED) is 0.829. The maximum atomic E-state index is 12.0. The molecule has 6 nitrogen and oxygen atoms in total. The minimum atomic E-state index is -0.291. The third-order valence-corrected chi connectivity index (χ3v) is 3.30. The van der Waals surface area contributed by atoms with Gasteiger partial charge in [-0.15, -0.1) is 0 Å². The Balaban J connectivity index is 2.06. The minimum Gasteiger partial charge on any atom is -0.496 e. The summed E-state index contributed by atoms with van der Waals surface area (Å²) in [5, 5.41) is 0. The molecule has 0 aliphatic heterocycles. The van der Waals surface area contributed by atoms with Gasteiger partial charge in [0.2, 0.25) is 5.95 Å². The molecule has 2 N–H and O–H groups in total. The number of aryl methyl sites for hydroxylation is 2. The van der Waals surface area contributed by atoms with Gasteiger partial charge in [0.15, 0.2) is 0 Å². The zero-order valence-corrected chi connectivity index (χ0v) is 13.5. The zero-order valence-electron chi connectivity index (χ0n) is 11.9. The van der Waals surface area contributed by atoms with E-state index in [-0.39, 0.29) is 5.91 Å². The van der Waals surface area contributed by atoms with Crippen LogP contribution in [-0.4, -0.2) is 23.0 Å². The van der Waals surface area contributed by atoms with Crippen LogP contribution in [0.25, 0.3) is 0 Å². The van der Waals surface area contributed by atoms with E-state index in [9.17, 15) is 4.79 Å². The van der Waals surface area contributed by atoms with E-state index in [1.54, 1.807) is 25.3 Å². The highest BCUT2D eigenvalue weighted by Gasteiger charge is 2.09. The van der Waals surface area contributed by atoms with Crippen LogP contribution in [0.3, 0.4) is 0 Å². The molecule has 0 saturated heterocycles. The van der Waals surface area contributed by atoms with E-state index in [1.165, 1.54) is 0 Å². The Morgan fingerprint density at radius 3 is 2.43 bits per heavy atom. The molecule has 1 aromatic carbocycles. The highest BCUT2D eigenvalue weighted by Crippen LogP contribution is 2.25. The molecule has 0 aliphatic rings. The molecule has 1 aromatic heterocycles. The Hall–Kier alpha value is -2.15. The number of carbonyl (C=O) groups is 1. The number of aromatic nitrogens is 2. The summed E-state index contributed by atoms with van der Waals surface area (Å²) in [5.74, 6) is 0.728. The van der Waals surface area contributed by atoms with Gasteiger partial charge >= 0.3 is 0 Å². The lowest BCUT2D eigenvalue weighted by atomic mass is 10.2. The van der Waals surface area contributed by atoms with Crippen molar-refractivity contribution in [3.05, 3.63) is 45.7 Å². The smallest absolute Gasteiger partial charge is 0.269 e. The van der Waals surface area contributed by atoms with Crippen molar-refractivity contribution in [3.8, 4) is 5.75 Å². The van der Waals surface area contributed by atoms with Crippen molar-refractivity contribution in [3.63, 3.8) is 0 Å². The van der Waals surface area contributed by atoms with E-state index < -0.39 is 0 Å². The molecule has 0 spiro atoms.